The van der Waals surface area contributed by atoms with Gasteiger partial charge >= 0.3 is 0 Å². The number of halogens is 1. The fourth-order valence-electron chi connectivity index (χ4n) is 4.55. The Bertz CT molecular complexity index is 1180. The number of hydrogen-bond donors (Lipinski definition) is 0. The number of carbonyl (C=O) groups is 2. The second kappa shape index (κ2) is 8.73. The van der Waals surface area contributed by atoms with E-state index in [4.69, 9.17) is 9.97 Å². The van der Waals surface area contributed by atoms with Crippen LogP contribution in [0.3, 0.4) is 0 Å². The minimum atomic E-state index is -0.308. The van der Waals surface area contributed by atoms with Gasteiger partial charge in [-0.2, -0.15) is 5.10 Å². The topological polar surface area (TPSA) is 84.2 Å². The molecule has 1 saturated heterocycles. The number of carbonyl (C=O) groups excluding carboxylic acids is 2. The molecule has 1 fully saturated rings. The van der Waals surface area contributed by atoms with Gasteiger partial charge in [-0.3, -0.25) is 19.2 Å². The molecule has 2 aromatic heterocycles. The van der Waals surface area contributed by atoms with Crippen molar-refractivity contribution in [1.29, 1.82) is 0 Å². The quantitative estimate of drug-likeness (QED) is 0.599. The summed E-state index contributed by atoms with van der Waals surface area (Å²) in [5.41, 5.74) is 2.68. The first-order valence-electron chi connectivity index (χ1n) is 11.2. The molecule has 1 aromatic carbocycles. The summed E-state index contributed by atoms with van der Waals surface area (Å²) >= 11 is 0. The van der Waals surface area contributed by atoms with Crippen molar-refractivity contribution >= 4 is 17.6 Å². The average Bonchev–Trinajstić information content (AvgIpc) is 3.49. The van der Waals surface area contributed by atoms with Gasteiger partial charge in [-0.1, -0.05) is 12.1 Å². The molecule has 0 spiro atoms. The van der Waals surface area contributed by atoms with Crippen molar-refractivity contribution in [3.8, 4) is 0 Å². The number of aromatic nitrogens is 4. The lowest BCUT2D eigenvalue weighted by Gasteiger charge is -2.30. The third-order valence-electron chi connectivity index (χ3n) is 6.37. The maximum atomic E-state index is 13.3. The Labute approximate surface area is 191 Å². The Morgan fingerprint density at radius 2 is 2.00 bits per heavy atom. The molecular weight excluding hydrogens is 423 g/mol. The second-order valence-corrected chi connectivity index (χ2v) is 8.60. The smallest absolute Gasteiger partial charge is 0.244 e. The summed E-state index contributed by atoms with van der Waals surface area (Å²) < 4.78 is 14.9. The lowest BCUT2D eigenvalue weighted by Crippen LogP contribution is -2.36. The molecule has 0 radical (unpaired) electrons. The third-order valence-corrected chi connectivity index (χ3v) is 6.37. The molecule has 170 valence electrons. The van der Waals surface area contributed by atoms with Crippen molar-refractivity contribution in [2.75, 3.05) is 18.0 Å². The number of nitrogens with zero attached hydrogens (tertiary/aromatic N) is 6. The number of hydrogen-bond acceptors (Lipinski definition) is 5. The summed E-state index contributed by atoms with van der Waals surface area (Å²) in [6, 6.07) is 7.96. The van der Waals surface area contributed by atoms with Crippen LogP contribution in [0, 0.1) is 12.7 Å². The van der Waals surface area contributed by atoms with Crippen molar-refractivity contribution in [2.45, 2.75) is 45.2 Å². The highest BCUT2D eigenvalue weighted by Gasteiger charge is 2.33. The Balaban J connectivity index is 1.37. The van der Waals surface area contributed by atoms with Crippen molar-refractivity contribution in [1.82, 2.24) is 24.6 Å². The van der Waals surface area contributed by atoms with Crippen LogP contribution in [0.2, 0.25) is 0 Å². The second-order valence-electron chi connectivity index (χ2n) is 8.60. The Hall–Kier alpha value is -3.62. The zero-order chi connectivity index (χ0) is 22.9. The summed E-state index contributed by atoms with van der Waals surface area (Å²) in [4.78, 5) is 38.6. The zero-order valence-corrected chi connectivity index (χ0v) is 18.4. The molecule has 2 aliphatic heterocycles. The summed E-state index contributed by atoms with van der Waals surface area (Å²) in [6.07, 6.45) is 5.21. The van der Waals surface area contributed by atoms with E-state index in [2.05, 4.69) is 5.10 Å². The number of fused-ring (bicyclic) bond motifs is 1. The Morgan fingerprint density at radius 1 is 1.18 bits per heavy atom. The van der Waals surface area contributed by atoms with E-state index in [0.717, 1.165) is 23.2 Å². The number of anilines is 1. The van der Waals surface area contributed by atoms with Crippen molar-refractivity contribution in [3.63, 3.8) is 0 Å². The van der Waals surface area contributed by atoms with Gasteiger partial charge in [0.1, 0.15) is 24.0 Å². The molecule has 0 N–H and O–H groups in total. The van der Waals surface area contributed by atoms with Gasteiger partial charge < -0.3 is 4.90 Å². The molecule has 0 saturated carbocycles. The van der Waals surface area contributed by atoms with Gasteiger partial charge in [-0.05, 0) is 43.5 Å². The summed E-state index contributed by atoms with van der Waals surface area (Å²) in [6.45, 7) is 3.68. The minimum absolute atomic E-state index is 0.00155. The van der Waals surface area contributed by atoms with Gasteiger partial charge in [0.05, 0.1) is 6.54 Å². The molecule has 0 bridgehead atoms. The maximum absolute atomic E-state index is 13.3. The molecule has 2 amide bonds. The Kier molecular flexibility index (Phi) is 5.62. The van der Waals surface area contributed by atoms with Crippen LogP contribution in [0.15, 0.2) is 42.7 Å². The summed E-state index contributed by atoms with van der Waals surface area (Å²) in [7, 11) is 0. The predicted molar refractivity (Wildman–Crippen MR) is 119 cm³/mol. The lowest BCUT2D eigenvalue weighted by atomic mass is 10.0. The van der Waals surface area contributed by atoms with Gasteiger partial charge in [0.15, 0.2) is 0 Å². The van der Waals surface area contributed by atoms with Gasteiger partial charge in [-0.25, -0.2) is 14.4 Å². The molecule has 33 heavy (non-hydrogen) atoms. The molecule has 5 rings (SSSR count). The van der Waals surface area contributed by atoms with Gasteiger partial charge in [-0.15, -0.1) is 0 Å². The SMILES string of the molecule is Cc1nc([C@@H]2CCN(C(=O)Cn3cccn3)C2)nc2c1CCC(=O)N2Cc1ccc(F)cc1. The van der Waals surface area contributed by atoms with Crippen LogP contribution in [-0.4, -0.2) is 49.6 Å². The molecule has 1 atom stereocenters. The van der Waals surface area contributed by atoms with Gasteiger partial charge in [0, 0.05) is 49.1 Å². The number of likely N-dealkylation sites (tertiary alicyclic amines) is 1. The van der Waals surface area contributed by atoms with E-state index >= 15 is 0 Å². The van der Waals surface area contributed by atoms with E-state index < -0.39 is 0 Å². The largest absolute Gasteiger partial charge is 0.340 e. The molecule has 4 heterocycles. The van der Waals surface area contributed by atoms with Gasteiger partial charge in [0.25, 0.3) is 0 Å². The summed E-state index contributed by atoms with van der Waals surface area (Å²) in [5, 5.41) is 4.11. The lowest BCUT2D eigenvalue weighted by molar-refractivity contribution is -0.131. The summed E-state index contributed by atoms with van der Waals surface area (Å²) in [5.74, 6) is 1.03. The van der Waals surface area contributed by atoms with E-state index in [9.17, 15) is 14.0 Å². The molecule has 0 unspecified atom stereocenters. The number of benzene rings is 1. The van der Waals surface area contributed by atoms with E-state index in [1.165, 1.54) is 12.1 Å². The van der Waals surface area contributed by atoms with E-state index in [0.29, 0.717) is 44.1 Å². The standard InChI is InChI=1S/C24H25FN6O2/c1-16-20-7-8-21(32)31(13-17-3-5-19(25)6-4-17)24(20)28-23(27-16)18-9-12-29(14-18)22(33)15-30-11-2-10-26-30/h2-6,10-11,18H,7-9,12-15H2,1H3/t18-/m1/s1. The molecular formula is C24H25FN6O2. The van der Waals surface area contributed by atoms with Crippen LogP contribution in [0.25, 0.3) is 0 Å². The average molecular weight is 449 g/mol. The molecule has 3 aromatic rings. The van der Waals surface area contributed by atoms with Crippen LogP contribution in [-0.2, 0) is 29.1 Å². The predicted octanol–water partition coefficient (Wildman–Crippen LogP) is 2.62. The van der Waals surface area contributed by atoms with Crippen molar-refractivity contribution < 1.29 is 14.0 Å². The Morgan fingerprint density at radius 3 is 2.76 bits per heavy atom. The monoisotopic (exact) mass is 448 g/mol. The van der Waals surface area contributed by atoms with Crippen LogP contribution >= 0.6 is 0 Å². The first kappa shape index (κ1) is 21.2. The highest BCUT2D eigenvalue weighted by Crippen LogP contribution is 2.33. The number of rotatable bonds is 5. The fraction of sp³-hybridized carbons (Fsp3) is 0.375. The number of aryl methyl sites for hydroxylation is 1. The maximum Gasteiger partial charge on any atom is 0.244 e. The van der Waals surface area contributed by atoms with E-state index in [-0.39, 0.29) is 30.1 Å². The molecule has 2 aliphatic rings. The van der Waals surface area contributed by atoms with Crippen LogP contribution < -0.4 is 4.90 Å². The van der Waals surface area contributed by atoms with Crippen LogP contribution in [0.1, 0.15) is 41.4 Å². The first-order chi connectivity index (χ1) is 16.0. The van der Waals surface area contributed by atoms with E-state index in [1.807, 2.05) is 11.8 Å². The van der Waals surface area contributed by atoms with Crippen molar-refractivity contribution in [3.05, 3.63) is 71.2 Å². The zero-order valence-electron chi connectivity index (χ0n) is 18.4. The highest BCUT2D eigenvalue weighted by molar-refractivity contribution is 5.95. The third kappa shape index (κ3) is 4.35. The van der Waals surface area contributed by atoms with Crippen molar-refractivity contribution in [2.24, 2.45) is 0 Å². The molecule has 9 heteroatoms. The van der Waals surface area contributed by atoms with E-state index in [1.54, 1.807) is 40.2 Å². The minimum Gasteiger partial charge on any atom is -0.340 e. The normalized spacial score (nSPS) is 18.0. The first-order valence-corrected chi connectivity index (χ1v) is 11.2. The van der Waals surface area contributed by atoms with Crippen LogP contribution in [0.5, 0.6) is 0 Å². The number of amides is 2. The van der Waals surface area contributed by atoms with Gasteiger partial charge in [0.2, 0.25) is 11.8 Å². The molecule has 0 aliphatic carbocycles. The highest BCUT2D eigenvalue weighted by atomic mass is 19.1. The van der Waals surface area contributed by atoms with Crippen LogP contribution in [0.4, 0.5) is 10.2 Å². The molecule has 8 nitrogen and oxygen atoms in total. The fourth-order valence-corrected chi connectivity index (χ4v) is 4.55.